The van der Waals surface area contributed by atoms with Crippen molar-refractivity contribution in [3.63, 3.8) is 0 Å². The highest BCUT2D eigenvalue weighted by Gasteiger charge is 2.35. The van der Waals surface area contributed by atoms with E-state index in [2.05, 4.69) is 10.1 Å². The van der Waals surface area contributed by atoms with Crippen LogP contribution in [0.25, 0.3) is 0 Å². The van der Waals surface area contributed by atoms with Crippen LogP contribution in [0.3, 0.4) is 0 Å². The van der Waals surface area contributed by atoms with Gasteiger partial charge in [-0.3, -0.25) is 0 Å². The largest absolute Gasteiger partial charge is 0.476 e. The van der Waals surface area contributed by atoms with Crippen LogP contribution < -0.4 is 9.04 Å². The molecular weight excluding hydrogens is 312 g/mol. The van der Waals surface area contributed by atoms with Crippen molar-refractivity contribution in [2.75, 3.05) is 18.0 Å². The Bertz CT molecular complexity index is 750. The molecular formula is C12H16N4O3S2. The Balaban J connectivity index is 2.00. The Kier molecular flexibility index (Phi) is 3.21. The molecule has 0 bridgehead atoms. The van der Waals surface area contributed by atoms with E-state index in [0.717, 1.165) is 4.31 Å². The van der Waals surface area contributed by atoms with Crippen LogP contribution in [-0.2, 0) is 16.6 Å². The summed E-state index contributed by atoms with van der Waals surface area (Å²) in [5.74, 6) is 0.303. The fourth-order valence-electron chi connectivity index (χ4n) is 2.13. The zero-order chi connectivity index (χ0) is 15.3. The van der Waals surface area contributed by atoms with Crippen LogP contribution in [0, 0.1) is 5.41 Å². The summed E-state index contributed by atoms with van der Waals surface area (Å²) in [6, 6.07) is 0. The maximum atomic E-state index is 12.7. The molecule has 0 fully saturated rings. The van der Waals surface area contributed by atoms with Gasteiger partial charge in [-0.1, -0.05) is 13.8 Å². The summed E-state index contributed by atoms with van der Waals surface area (Å²) in [5.41, 5.74) is -0.0682. The van der Waals surface area contributed by atoms with E-state index in [0.29, 0.717) is 24.2 Å². The third-order valence-corrected chi connectivity index (χ3v) is 5.96. The van der Waals surface area contributed by atoms with Gasteiger partial charge in [-0.05, 0) is 0 Å². The number of ether oxygens (including phenoxy) is 1. The quantitative estimate of drug-likeness (QED) is 0.855. The van der Waals surface area contributed by atoms with Crippen LogP contribution in [0.2, 0.25) is 0 Å². The summed E-state index contributed by atoms with van der Waals surface area (Å²) in [4.78, 5) is 4.10. The molecule has 0 amide bonds. The molecule has 0 aliphatic carbocycles. The first-order valence-electron chi connectivity index (χ1n) is 6.38. The van der Waals surface area contributed by atoms with Crippen LogP contribution in [-0.4, -0.2) is 36.8 Å². The SMILES string of the molecule is CN(c1nccs1)S(=O)(=O)c1cnn2c1OCC(C)(C)C2. The first-order valence-corrected chi connectivity index (χ1v) is 8.70. The number of hydrogen-bond acceptors (Lipinski definition) is 6. The van der Waals surface area contributed by atoms with E-state index in [-0.39, 0.29) is 10.3 Å². The van der Waals surface area contributed by atoms with E-state index >= 15 is 0 Å². The van der Waals surface area contributed by atoms with Gasteiger partial charge in [0.15, 0.2) is 10.0 Å². The number of fused-ring (bicyclic) bond motifs is 1. The minimum atomic E-state index is -3.72. The van der Waals surface area contributed by atoms with Crippen LogP contribution >= 0.6 is 11.3 Å². The summed E-state index contributed by atoms with van der Waals surface area (Å²) < 4.78 is 33.8. The summed E-state index contributed by atoms with van der Waals surface area (Å²) in [5, 5.41) is 6.29. The molecule has 114 valence electrons. The van der Waals surface area contributed by atoms with Crippen molar-refractivity contribution in [3.8, 4) is 5.88 Å². The normalized spacial score (nSPS) is 17.1. The third kappa shape index (κ3) is 2.40. The van der Waals surface area contributed by atoms with Crippen LogP contribution in [0.5, 0.6) is 5.88 Å². The standard InChI is InChI=1S/C12H16N4O3S2/c1-12(2)7-16-10(19-8-12)9(6-14-16)21(17,18)15(3)11-13-4-5-20-11/h4-6H,7-8H2,1-3H3. The molecule has 0 spiro atoms. The molecule has 0 saturated heterocycles. The Morgan fingerprint density at radius 2 is 2.24 bits per heavy atom. The minimum Gasteiger partial charge on any atom is -0.476 e. The van der Waals surface area contributed by atoms with Gasteiger partial charge in [-0.15, -0.1) is 11.3 Å². The van der Waals surface area contributed by atoms with Gasteiger partial charge in [-0.25, -0.2) is 22.4 Å². The monoisotopic (exact) mass is 328 g/mol. The molecule has 2 aromatic rings. The van der Waals surface area contributed by atoms with E-state index in [1.807, 2.05) is 13.8 Å². The Hall–Kier alpha value is -1.61. The molecule has 0 aromatic carbocycles. The van der Waals surface area contributed by atoms with Crippen LogP contribution in [0.15, 0.2) is 22.7 Å². The van der Waals surface area contributed by atoms with Gasteiger partial charge in [0, 0.05) is 24.0 Å². The number of hydrogen-bond donors (Lipinski definition) is 0. The predicted octanol–water partition coefficient (Wildman–Crippen LogP) is 1.58. The second-order valence-corrected chi connectivity index (χ2v) is 8.52. The molecule has 1 aliphatic rings. The van der Waals surface area contributed by atoms with E-state index in [1.165, 1.54) is 24.6 Å². The number of thiazole rings is 1. The summed E-state index contributed by atoms with van der Waals surface area (Å²) in [6.45, 7) is 5.18. The van der Waals surface area contributed by atoms with Gasteiger partial charge in [0.1, 0.15) is 0 Å². The smallest absolute Gasteiger partial charge is 0.272 e. The van der Waals surface area contributed by atoms with Gasteiger partial charge in [0.05, 0.1) is 19.3 Å². The van der Waals surface area contributed by atoms with Crippen molar-refractivity contribution in [2.24, 2.45) is 5.41 Å². The number of anilines is 1. The van der Waals surface area contributed by atoms with Gasteiger partial charge in [0.25, 0.3) is 10.0 Å². The second-order valence-electron chi connectivity index (χ2n) is 5.71. The molecule has 0 saturated carbocycles. The topological polar surface area (TPSA) is 77.3 Å². The second kappa shape index (κ2) is 4.70. The fraction of sp³-hybridized carbons (Fsp3) is 0.500. The van der Waals surface area contributed by atoms with Crippen molar-refractivity contribution in [2.45, 2.75) is 25.3 Å². The average molecular weight is 328 g/mol. The Labute approximate surface area is 127 Å². The van der Waals surface area contributed by atoms with Gasteiger partial charge >= 0.3 is 0 Å². The van der Waals surface area contributed by atoms with Gasteiger partial charge < -0.3 is 4.74 Å². The molecule has 0 N–H and O–H groups in total. The molecule has 0 atom stereocenters. The van der Waals surface area contributed by atoms with Crippen molar-refractivity contribution in [1.82, 2.24) is 14.8 Å². The zero-order valence-corrected chi connectivity index (χ0v) is 13.6. The predicted molar refractivity (Wildman–Crippen MR) is 79.2 cm³/mol. The van der Waals surface area contributed by atoms with Crippen molar-refractivity contribution in [3.05, 3.63) is 17.8 Å². The minimum absolute atomic E-state index is 0.0682. The number of aromatic nitrogens is 3. The van der Waals surface area contributed by atoms with Gasteiger partial charge in [0.2, 0.25) is 5.88 Å². The molecule has 3 rings (SSSR count). The lowest BCUT2D eigenvalue weighted by Gasteiger charge is -2.30. The molecule has 21 heavy (non-hydrogen) atoms. The van der Waals surface area contributed by atoms with E-state index < -0.39 is 10.0 Å². The Morgan fingerprint density at radius 1 is 1.48 bits per heavy atom. The Morgan fingerprint density at radius 3 is 2.90 bits per heavy atom. The first kappa shape index (κ1) is 14.3. The molecule has 0 radical (unpaired) electrons. The number of nitrogens with zero attached hydrogens (tertiary/aromatic N) is 4. The lowest BCUT2D eigenvalue weighted by atomic mass is 9.94. The van der Waals surface area contributed by atoms with Crippen molar-refractivity contribution >= 4 is 26.5 Å². The summed E-state index contributed by atoms with van der Waals surface area (Å²) in [6.07, 6.45) is 2.91. The van der Waals surface area contributed by atoms with Crippen LogP contribution in [0.4, 0.5) is 5.13 Å². The molecule has 7 nitrogen and oxygen atoms in total. The lowest BCUT2D eigenvalue weighted by molar-refractivity contribution is 0.0971. The highest BCUT2D eigenvalue weighted by Crippen LogP contribution is 2.35. The zero-order valence-electron chi connectivity index (χ0n) is 12.0. The number of sulfonamides is 1. The molecule has 0 unspecified atom stereocenters. The lowest BCUT2D eigenvalue weighted by Crippen LogP contribution is -2.34. The molecule has 9 heteroatoms. The average Bonchev–Trinajstić information content (AvgIpc) is 3.05. The van der Waals surface area contributed by atoms with E-state index in [4.69, 9.17) is 4.74 Å². The van der Waals surface area contributed by atoms with E-state index in [9.17, 15) is 8.42 Å². The summed E-state index contributed by atoms with van der Waals surface area (Å²) in [7, 11) is -2.25. The fourth-order valence-corrected chi connectivity index (χ4v) is 4.18. The van der Waals surface area contributed by atoms with Crippen molar-refractivity contribution in [1.29, 1.82) is 0 Å². The molecule has 2 aromatic heterocycles. The van der Waals surface area contributed by atoms with E-state index in [1.54, 1.807) is 16.3 Å². The van der Waals surface area contributed by atoms with Gasteiger partial charge in [-0.2, -0.15) is 5.10 Å². The maximum Gasteiger partial charge on any atom is 0.272 e. The molecule has 1 aliphatic heterocycles. The third-order valence-electron chi connectivity index (χ3n) is 3.26. The highest BCUT2D eigenvalue weighted by molar-refractivity contribution is 7.93. The highest BCUT2D eigenvalue weighted by atomic mass is 32.2. The number of rotatable bonds is 3. The maximum absolute atomic E-state index is 12.7. The summed E-state index contributed by atoms with van der Waals surface area (Å²) >= 11 is 1.26. The van der Waals surface area contributed by atoms with Crippen LogP contribution in [0.1, 0.15) is 13.8 Å². The molecule has 3 heterocycles. The first-order chi connectivity index (χ1) is 9.81. The van der Waals surface area contributed by atoms with Crippen molar-refractivity contribution < 1.29 is 13.2 Å².